The fraction of sp³-hybridized carbons (Fsp3) is 0.364. The van der Waals surface area contributed by atoms with Crippen LogP contribution in [0.15, 0.2) is 42.5 Å². The van der Waals surface area contributed by atoms with Gasteiger partial charge in [0.15, 0.2) is 0 Å². The minimum Gasteiger partial charge on any atom is -0.331 e. The van der Waals surface area contributed by atoms with Gasteiger partial charge in [-0.2, -0.15) is 0 Å². The van der Waals surface area contributed by atoms with Gasteiger partial charge in [-0.25, -0.2) is 4.79 Å². The number of aryl methyl sites for hydroxylation is 3. The lowest BCUT2D eigenvalue weighted by Gasteiger charge is -2.19. The highest BCUT2D eigenvalue weighted by Gasteiger charge is 2.33. The molecule has 1 aliphatic rings. The molecule has 3 rings (SSSR count). The average molecular weight is 365 g/mol. The quantitative estimate of drug-likeness (QED) is 0.724. The van der Waals surface area contributed by atoms with Gasteiger partial charge in [0.05, 0.1) is 12.6 Å². The lowest BCUT2D eigenvalue weighted by Crippen LogP contribution is -2.42. The maximum absolute atomic E-state index is 12.3. The summed E-state index contributed by atoms with van der Waals surface area (Å²) in [6.07, 6.45) is 2.23. The van der Waals surface area contributed by atoms with Gasteiger partial charge in [0, 0.05) is 5.69 Å². The number of nitrogens with one attached hydrogen (secondary N) is 3. The summed E-state index contributed by atoms with van der Waals surface area (Å²) >= 11 is 0. The van der Waals surface area contributed by atoms with Crippen LogP contribution in [-0.2, 0) is 4.79 Å². The molecule has 0 bridgehead atoms. The van der Waals surface area contributed by atoms with Crippen molar-refractivity contribution in [3.05, 3.63) is 64.7 Å². The van der Waals surface area contributed by atoms with E-state index >= 15 is 0 Å². The van der Waals surface area contributed by atoms with E-state index in [9.17, 15) is 9.59 Å². The molecule has 1 atom stereocenters. The van der Waals surface area contributed by atoms with Gasteiger partial charge in [-0.1, -0.05) is 48.0 Å². The van der Waals surface area contributed by atoms with Crippen molar-refractivity contribution in [2.24, 2.45) is 5.92 Å². The molecule has 5 nitrogen and oxygen atoms in total. The maximum atomic E-state index is 12.3. The molecular weight excluding hydrogens is 338 g/mol. The van der Waals surface area contributed by atoms with Crippen LogP contribution in [-0.4, -0.2) is 18.5 Å². The van der Waals surface area contributed by atoms with E-state index < -0.39 is 0 Å². The predicted octanol–water partition coefficient (Wildman–Crippen LogP) is 4.00. The van der Waals surface area contributed by atoms with Crippen molar-refractivity contribution in [2.45, 2.75) is 39.7 Å². The first kappa shape index (κ1) is 19.0. The molecule has 0 saturated heterocycles. The van der Waals surface area contributed by atoms with Gasteiger partial charge in [0.1, 0.15) is 0 Å². The second-order valence-electron chi connectivity index (χ2n) is 7.37. The van der Waals surface area contributed by atoms with Gasteiger partial charge in [-0.3, -0.25) is 4.79 Å². The Bertz CT molecular complexity index is 806. The zero-order chi connectivity index (χ0) is 19.4. The number of hydrogen-bond donors (Lipinski definition) is 3. The summed E-state index contributed by atoms with van der Waals surface area (Å²) < 4.78 is 0. The molecule has 2 aromatic carbocycles. The molecule has 1 saturated carbocycles. The Hall–Kier alpha value is -2.82. The van der Waals surface area contributed by atoms with Gasteiger partial charge in [0.2, 0.25) is 5.91 Å². The first-order valence-corrected chi connectivity index (χ1v) is 9.41. The van der Waals surface area contributed by atoms with Gasteiger partial charge in [-0.05, 0) is 56.2 Å². The molecule has 0 aromatic heterocycles. The zero-order valence-corrected chi connectivity index (χ0v) is 16.1. The molecule has 0 aliphatic heterocycles. The summed E-state index contributed by atoms with van der Waals surface area (Å²) in [5.41, 5.74) is 5.11. The van der Waals surface area contributed by atoms with Crippen LogP contribution in [0.2, 0.25) is 0 Å². The van der Waals surface area contributed by atoms with E-state index in [0.717, 1.165) is 40.8 Å². The largest absolute Gasteiger partial charge is 0.331 e. The lowest BCUT2D eigenvalue weighted by atomic mass is 10.0. The summed E-state index contributed by atoms with van der Waals surface area (Å²) in [7, 11) is 0. The van der Waals surface area contributed by atoms with Crippen LogP contribution in [0.1, 0.15) is 41.1 Å². The summed E-state index contributed by atoms with van der Waals surface area (Å²) in [5.74, 6) is 0.243. The van der Waals surface area contributed by atoms with Gasteiger partial charge in [0.25, 0.3) is 0 Å². The van der Waals surface area contributed by atoms with E-state index in [0.29, 0.717) is 5.92 Å². The number of amides is 3. The Morgan fingerprint density at radius 2 is 1.67 bits per heavy atom. The van der Waals surface area contributed by atoms with Crippen LogP contribution in [0.4, 0.5) is 10.5 Å². The SMILES string of the molecule is Cc1cc(C)c(NC(=O)CNC(=O)N[C@@H](c2ccccc2)C2CC2)c(C)c1. The minimum absolute atomic E-state index is 0.00384. The van der Waals surface area contributed by atoms with Crippen LogP contribution >= 0.6 is 0 Å². The predicted molar refractivity (Wildman–Crippen MR) is 108 cm³/mol. The molecular formula is C22H27N3O2. The Morgan fingerprint density at radius 3 is 2.26 bits per heavy atom. The summed E-state index contributed by atoms with van der Waals surface area (Å²) in [4.78, 5) is 24.5. The van der Waals surface area contributed by atoms with Crippen molar-refractivity contribution in [3.63, 3.8) is 0 Å². The third-order valence-electron chi connectivity index (χ3n) is 4.89. The van der Waals surface area contributed by atoms with Crippen LogP contribution in [0.5, 0.6) is 0 Å². The van der Waals surface area contributed by atoms with E-state index in [-0.39, 0.29) is 24.5 Å². The number of urea groups is 1. The van der Waals surface area contributed by atoms with Crippen molar-refractivity contribution < 1.29 is 9.59 Å². The summed E-state index contributed by atoms with van der Waals surface area (Å²) in [6.45, 7) is 5.90. The molecule has 5 heteroatoms. The van der Waals surface area contributed by atoms with Gasteiger partial charge < -0.3 is 16.0 Å². The van der Waals surface area contributed by atoms with Crippen molar-refractivity contribution in [1.29, 1.82) is 0 Å². The molecule has 0 radical (unpaired) electrons. The van der Waals surface area contributed by atoms with Crippen LogP contribution in [0.25, 0.3) is 0 Å². The molecule has 3 N–H and O–H groups in total. The van der Waals surface area contributed by atoms with Gasteiger partial charge in [-0.15, -0.1) is 0 Å². The first-order valence-electron chi connectivity index (χ1n) is 9.41. The molecule has 3 amide bonds. The number of carbonyl (C=O) groups is 2. The molecule has 0 heterocycles. The van der Waals surface area contributed by atoms with Crippen molar-refractivity contribution in [2.75, 3.05) is 11.9 Å². The third-order valence-corrected chi connectivity index (χ3v) is 4.89. The number of hydrogen-bond acceptors (Lipinski definition) is 2. The lowest BCUT2D eigenvalue weighted by molar-refractivity contribution is -0.115. The summed E-state index contributed by atoms with van der Waals surface area (Å²) in [5, 5.41) is 8.59. The fourth-order valence-electron chi connectivity index (χ4n) is 3.48. The molecule has 1 aliphatic carbocycles. The van der Waals surface area contributed by atoms with E-state index in [2.05, 4.69) is 16.0 Å². The average Bonchev–Trinajstić information content (AvgIpc) is 3.46. The fourth-order valence-corrected chi connectivity index (χ4v) is 3.48. The highest BCUT2D eigenvalue weighted by Crippen LogP contribution is 2.40. The zero-order valence-electron chi connectivity index (χ0n) is 16.1. The molecule has 142 valence electrons. The monoisotopic (exact) mass is 365 g/mol. The molecule has 27 heavy (non-hydrogen) atoms. The van der Waals surface area contributed by atoms with E-state index in [1.54, 1.807) is 0 Å². The van der Waals surface area contributed by atoms with E-state index in [1.807, 2.05) is 63.2 Å². The van der Waals surface area contributed by atoms with E-state index in [4.69, 9.17) is 0 Å². The number of carbonyl (C=O) groups excluding carboxylic acids is 2. The molecule has 1 fully saturated rings. The standard InChI is InChI=1S/C22H27N3O2/c1-14-11-15(2)20(16(3)12-14)24-19(26)13-23-22(27)25-21(18-9-10-18)17-7-5-4-6-8-17/h4-8,11-12,18,21H,9-10,13H2,1-3H3,(H,24,26)(H2,23,25,27)/t21-/m0/s1. The topological polar surface area (TPSA) is 70.2 Å². The Morgan fingerprint density at radius 1 is 1.04 bits per heavy atom. The normalized spacial score (nSPS) is 14.3. The second kappa shape index (κ2) is 8.25. The Balaban J connectivity index is 1.53. The molecule has 0 spiro atoms. The van der Waals surface area contributed by atoms with Crippen molar-refractivity contribution >= 4 is 17.6 Å². The molecule has 0 unspecified atom stereocenters. The van der Waals surface area contributed by atoms with Crippen molar-refractivity contribution in [3.8, 4) is 0 Å². The maximum Gasteiger partial charge on any atom is 0.315 e. The highest BCUT2D eigenvalue weighted by molar-refractivity contribution is 5.95. The second-order valence-corrected chi connectivity index (χ2v) is 7.37. The molecule has 2 aromatic rings. The Labute approximate surface area is 160 Å². The van der Waals surface area contributed by atoms with Crippen LogP contribution in [0, 0.1) is 26.7 Å². The van der Waals surface area contributed by atoms with Crippen LogP contribution < -0.4 is 16.0 Å². The van der Waals surface area contributed by atoms with Gasteiger partial charge >= 0.3 is 6.03 Å². The van der Waals surface area contributed by atoms with Crippen molar-refractivity contribution in [1.82, 2.24) is 10.6 Å². The number of anilines is 1. The summed E-state index contributed by atoms with van der Waals surface area (Å²) in [6, 6.07) is 13.7. The van der Waals surface area contributed by atoms with E-state index in [1.165, 1.54) is 0 Å². The number of benzene rings is 2. The number of rotatable bonds is 6. The first-order chi connectivity index (χ1) is 12.9. The minimum atomic E-state index is -0.316. The van der Waals surface area contributed by atoms with Crippen LogP contribution in [0.3, 0.4) is 0 Å². The third kappa shape index (κ3) is 5.09. The Kier molecular flexibility index (Phi) is 5.79. The smallest absolute Gasteiger partial charge is 0.315 e. The highest BCUT2D eigenvalue weighted by atomic mass is 16.2.